The summed E-state index contributed by atoms with van der Waals surface area (Å²) in [5.41, 5.74) is 0. The molecule has 0 aliphatic rings. The van der Waals surface area contributed by atoms with Crippen LogP contribution >= 0.6 is 15.9 Å². The predicted molar refractivity (Wildman–Crippen MR) is 71.9 cm³/mol. The Kier molecular flexibility index (Phi) is 11.6. The van der Waals surface area contributed by atoms with Gasteiger partial charge in [-0.15, -0.1) is 0 Å². The van der Waals surface area contributed by atoms with Crippen molar-refractivity contribution in [2.75, 3.05) is 13.2 Å². The van der Waals surface area contributed by atoms with Crippen LogP contribution in [-0.2, 0) is 8.85 Å². The lowest BCUT2D eigenvalue weighted by molar-refractivity contribution is 0.190. The summed E-state index contributed by atoms with van der Waals surface area (Å²) in [6, 6.07) is 0. The third kappa shape index (κ3) is 8.43. The summed E-state index contributed by atoms with van der Waals surface area (Å²) in [7, 11) is -1.47. The molecule has 0 heterocycles. The molecule has 0 aliphatic heterocycles. The van der Waals surface area contributed by atoms with E-state index in [0.29, 0.717) is 4.45 Å². The molecule has 0 bridgehead atoms. The van der Waals surface area contributed by atoms with Gasteiger partial charge in [-0.3, -0.25) is 0 Å². The second-order valence-electron chi connectivity index (χ2n) is 3.74. The summed E-state index contributed by atoms with van der Waals surface area (Å²) in [4.78, 5) is 0. The molecule has 0 aromatic rings. The maximum atomic E-state index is 5.85. The number of hydrogen-bond donors (Lipinski definition) is 0. The SMILES string of the molecule is CCCCO[SiH](OCCCC)C(Br)CC. The van der Waals surface area contributed by atoms with E-state index in [0.717, 1.165) is 32.5 Å². The minimum absolute atomic E-state index is 0.450. The first-order chi connectivity index (χ1) is 7.26. The van der Waals surface area contributed by atoms with Crippen LogP contribution in [0.4, 0.5) is 0 Å². The predicted octanol–water partition coefficient (Wildman–Crippen LogP) is 3.55. The Bertz CT molecular complexity index is 126. The van der Waals surface area contributed by atoms with Crippen molar-refractivity contribution in [1.29, 1.82) is 0 Å². The fraction of sp³-hybridized carbons (Fsp3) is 1.00. The fourth-order valence-electron chi connectivity index (χ4n) is 1.14. The van der Waals surface area contributed by atoms with Crippen molar-refractivity contribution in [2.45, 2.75) is 57.3 Å². The van der Waals surface area contributed by atoms with E-state index in [1.807, 2.05) is 0 Å². The Morgan fingerprint density at radius 2 is 1.47 bits per heavy atom. The van der Waals surface area contributed by atoms with Crippen molar-refractivity contribution in [3.05, 3.63) is 0 Å². The Morgan fingerprint density at radius 1 is 1.00 bits per heavy atom. The van der Waals surface area contributed by atoms with Crippen LogP contribution in [-0.4, -0.2) is 26.9 Å². The Hall–Kier alpha value is 0.617. The summed E-state index contributed by atoms with van der Waals surface area (Å²) in [5, 5.41) is 0. The molecule has 0 rings (SSSR count). The van der Waals surface area contributed by atoms with Crippen LogP contribution in [0.3, 0.4) is 0 Å². The quantitative estimate of drug-likeness (QED) is 0.349. The smallest absolute Gasteiger partial charge is 0.335 e. The first-order valence-electron chi connectivity index (χ1n) is 6.13. The second-order valence-corrected chi connectivity index (χ2v) is 8.10. The Morgan fingerprint density at radius 3 is 1.80 bits per heavy atom. The number of rotatable bonds is 10. The van der Waals surface area contributed by atoms with Crippen LogP contribution < -0.4 is 0 Å². The summed E-state index contributed by atoms with van der Waals surface area (Å²) >= 11 is 3.66. The fourth-order valence-corrected chi connectivity index (χ4v) is 3.75. The highest BCUT2D eigenvalue weighted by Crippen LogP contribution is 2.12. The molecule has 0 amide bonds. The average Bonchev–Trinajstić information content (AvgIpc) is 2.26. The largest absolute Gasteiger partial charge is 0.396 e. The number of hydrogen-bond acceptors (Lipinski definition) is 2. The van der Waals surface area contributed by atoms with Gasteiger partial charge in [-0.1, -0.05) is 49.5 Å². The molecule has 0 radical (unpaired) electrons. The summed E-state index contributed by atoms with van der Waals surface area (Å²) < 4.78 is 12.2. The van der Waals surface area contributed by atoms with Crippen LogP contribution in [0, 0.1) is 0 Å². The molecule has 2 nitrogen and oxygen atoms in total. The zero-order valence-electron chi connectivity index (χ0n) is 10.3. The summed E-state index contributed by atoms with van der Waals surface area (Å²) in [6.07, 6.45) is 5.76. The maximum absolute atomic E-state index is 5.85. The number of unbranched alkanes of at least 4 members (excludes halogenated alkanes) is 2. The van der Waals surface area contributed by atoms with Crippen molar-refractivity contribution in [2.24, 2.45) is 0 Å². The zero-order valence-corrected chi connectivity index (χ0v) is 13.0. The summed E-state index contributed by atoms with van der Waals surface area (Å²) in [5.74, 6) is 0. The van der Waals surface area contributed by atoms with Gasteiger partial charge in [0.15, 0.2) is 0 Å². The molecule has 0 aliphatic carbocycles. The van der Waals surface area contributed by atoms with Gasteiger partial charge in [-0.05, 0) is 19.3 Å². The van der Waals surface area contributed by atoms with E-state index in [1.165, 1.54) is 12.8 Å². The van der Waals surface area contributed by atoms with Gasteiger partial charge >= 0.3 is 9.28 Å². The molecule has 0 aromatic carbocycles. The minimum Gasteiger partial charge on any atom is -0.396 e. The van der Waals surface area contributed by atoms with Gasteiger partial charge in [-0.2, -0.15) is 0 Å². The monoisotopic (exact) mass is 296 g/mol. The normalized spacial score (nSPS) is 13.4. The van der Waals surface area contributed by atoms with Crippen LogP contribution in [0.25, 0.3) is 0 Å². The van der Waals surface area contributed by atoms with Crippen molar-refractivity contribution < 1.29 is 8.85 Å². The molecular formula is C11H25BrO2Si. The van der Waals surface area contributed by atoms with Crippen molar-refractivity contribution in [1.82, 2.24) is 0 Å². The lowest BCUT2D eigenvalue weighted by Gasteiger charge is -2.20. The highest BCUT2D eigenvalue weighted by Gasteiger charge is 2.21. The molecule has 15 heavy (non-hydrogen) atoms. The molecule has 92 valence electrons. The molecule has 4 heteroatoms. The molecule has 0 spiro atoms. The third-order valence-electron chi connectivity index (χ3n) is 2.25. The van der Waals surface area contributed by atoms with E-state index in [2.05, 4.69) is 36.7 Å². The van der Waals surface area contributed by atoms with E-state index in [-0.39, 0.29) is 0 Å². The van der Waals surface area contributed by atoms with E-state index in [9.17, 15) is 0 Å². The average molecular weight is 297 g/mol. The molecule has 0 saturated heterocycles. The van der Waals surface area contributed by atoms with Crippen LogP contribution in [0.5, 0.6) is 0 Å². The molecule has 0 aromatic heterocycles. The first kappa shape index (κ1) is 15.6. The molecule has 0 saturated carbocycles. The van der Waals surface area contributed by atoms with Gasteiger partial charge in [0.1, 0.15) is 0 Å². The van der Waals surface area contributed by atoms with Crippen LogP contribution in [0.1, 0.15) is 52.9 Å². The highest BCUT2D eigenvalue weighted by molar-refractivity contribution is 9.10. The molecule has 0 N–H and O–H groups in total. The van der Waals surface area contributed by atoms with Crippen LogP contribution in [0.2, 0.25) is 0 Å². The molecule has 1 unspecified atom stereocenters. The van der Waals surface area contributed by atoms with Gasteiger partial charge in [0.2, 0.25) is 0 Å². The third-order valence-corrected chi connectivity index (χ3v) is 6.38. The topological polar surface area (TPSA) is 18.5 Å². The minimum atomic E-state index is -1.47. The van der Waals surface area contributed by atoms with E-state index in [4.69, 9.17) is 8.85 Å². The van der Waals surface area contributed by atoms with Crippen molar-refractivity contribution >= 4 is 25.2 Å². The first-order valence-corrected chi connectivity index (χ1v) is 8.66. The van der Waals surface area contributed by atoms with E-state index < -0.39 is 9.28 Å². The van der Waals surface area contributed by atoms with Crippen molar-refractivity contribution in [3.8, 4) is 0 Å². The Balaban J connectivity index is 3.73. The molecule has 0 fully saturated rings. The van der Waals surface area contributed by atoms with Gasteiger partial charge in [0.25, 0.3) is 0 Å². The maximum Gasteiger partial charge on any atom is 0.335 e. The Labute approximate surface area is 105 Å². The van der Waals surface area contributed by atoms with Gasteiger partial charge in [-0.25, -0.2) is 0 Å². The number of alkyl halides is 1. The van der Waals surface area contributed by atoms with Crippen LogP contribution in [0.15, 0.2) is 0 Å². The number of halogens is 1. The van der Waals surface area contributed by atoms with Gasteiger partial charge in [0.05, 0.1) is 4.45 Å². The zero-order chi connectivity index (χ0) is 11.5. The highest BCUT2D eigenvalue weighted by atomic mass is 79.9. The lowest BCUT2D eigenvalue weighted by atomic mass is 10.4. The van der Waals surface area contributed by atoms with Gasteiger partial charge < -0.3 is 8.85 Å². The van der Waals surface area contributed by atoms with Crippen molar-refractivity contribution in [3.63, 3.8) is 0 Å². The standard InChI is InChI=1S/C11H25BrO2Si/c1-4-7-9-13-15(11(12)6-3)14-10-8-5-2/h11,15H,4-10H2,1-3H3. The second kappa shape index (κ2) is 11.1. The lowest BCUT2D eigenvalue weighted by Crippen LogP contribution is -2.34. The van der Waals surface area contributed by atoms with Gasteiger partial charge in [0, 0.05) is 13.2 Å². The molecule has 1 atom stereocenters. The summed E-state index contributed by atoms with van der Waals surface area (Å²) in [6.45, 7) is 8.27. The molecular weight excluding hydrogens is 272 g/mol. The van der Waals surface area contributed by atoms with E-state index in [1.54, 1.807) is 0 Å². The van der Waals surface area contributed by atoms with E-state index >= 15 is 0 Å².